The van der Waals surface area contributed by atoms with E-state index >= 15 is 0 Å². The van der Waals surface area contributed by atoms with Crippen LogP contribution in [0.3, 0.4) is 0 Å². The highest BCUT2D eigenvalue weighted by Crippen LogP contribution is 2.32. The average molecular weight is 563 g/mol. The molecule has 0 aromatic heterocycles. The lowest BCUT2D eigenvalue weighted by molar-refractivity contribution is -0.167. The second-order valence-corrected chi connectivity index (χ2v) is 12.1. The zero-order chi connectivity index (χ0) is 27.3. The fourth-order valence-electron chi connectivity index (χ4n) is 3.91. The van der Waals surface area contributed by atoms with Crippen molar-refractivity contribution < 1.29 is 39.4 Å². The Hall–Kier alpha value is -2.64. The van der Waals surface area contributed by atoms with Gasteiger partial charge in [0.1, 0.15) is 18.3 Å². The molecule has 1 aliphatic heterocycles. The summed E-state index contributed by atoms with van der Waals surface area (Å²) in [5, 5.41) is 0. The van der Waals surface area contributed by atoms with Crippen LogP contribution >= 0.6 is 0 Å². The van der Waals surface area contributed by atoms with Crippen molar-refractivity contribution in [1.29, 1.82) is 0 Å². The molecule has 1 saturated heterocycles. The van der Waals surface area contributed by atoms with E-state index in [9.17, 15) is 16.8 Å². The molecule has 1 aliphatic rings. The first-order valence-electron chi connectivity index (χ1n) is 11.9. The van der Waals surface area contributed by atoms with Crippen molar-refractivity contribution >= 4 is 20.2 Å². The lowest BCUT2D eigenvalue weighted by Crippen LogP contribution is -2.41. The predicted octanol–water partition coefficient (Wildman–Crippen LogP) is 3.74. The minimum atomic E-state index is -4.27. The zero-order valence-corrected chi connectivity index (χ0v) is 22.9. The Labute approximate surface area is 223 Å². The Balaban J connectivity index is 1.58. The van der Waals surface area contributed by atoms with Crippen molar-refractivity contribution in [1.82, 2.24) is 0 Å². The molecule has 38 heavy (non-hydrogen) atoms. The topological polar surface area (TPSA) is 114 Å². The van der Waals surface area contributed by atoms with Crippen LogP contribution in [0.4, 0.5) is 0 Å². The Morgan fingerprint density at radius 3 is 1.84 bits per heavy atom. The molecule has 0 amide bonds. The molecule has 204 valence electrons. The average Bonchev–Trinajstić information content (AvgIpc) is 3.23. The van der Waals surface area contributed by atoms with Gasteiger partial charge in [-0.1, -0.05) is 65.7 Å². The third-order valence-electron chi connectivity index (χ3n) is 6.03. The SMILES string of the molecule is CO[C@@H]1O[C@H](COS(=O)(=O)c2ccc(C)cc2)[C@H](OS(=O)(=O)c2ccc(C)cc2)[C@@H]1OCc1ccccc1. The number of aryl methyl sites for hydroxylation is 2. The summed E-state index contributed by atoms with van der Waals surface area (Å²) in [6.45, 7) is 3.27. The standard InChI is InChI=1S/C27H30O9S2/c1-19-9-13-22(14-10-19)37(28,29)34-18-24-25(36-38(30,31)23-15-11-20(2)12-16-23)26(27(32-3)35-24)33-17-21-7-5-4-6-8-21/h4-16,24-27H,17-18H2,1-3H3/t24-,25+,26+,27-/m1/s1. The van der Waals surface area contributed by atoms with Crippen LogP contribution in [0.1, 0.15) is 16.7 Å². The number of hydrogen-bond acceptors (Lipinski definition) is 9. The summed E-state index contributed by atoms with van der Waals surface area (Å²) in [5.41, 5.74) is 2.60. The van der Waals surface area contributed by atoms with E-state index in [1.165, 1.54) is 31.4 Å². The Kier molecular flexibility index (Phi) is 8.99. The van der Waals surface area contributed by atoms with E-state index in [-0.39, 0.29) is 16.4 Å². The minimum absolute atomic E-state index is 0.0361. The monoisotopic (exact) mass is 562 g/mol. The molecule has 4 atom stereocenters. The maximum Gasteiger partial charge on any atom is 0.297 e. The third kappa shape index (κ3) is 6.86. The van der Waals surface area contributed by atoms with Gasteiger partial charge in [-0.25, -0.2) is 0 Å². The second-order valence-electron chi connectivity index (χ2n) is 8.92. The highest BCUT2D eigenvalue weighted by Gasteiger charge is 2.49. The minimum Gasteiger partial charge on any atom is -0.365 e. The normalized spacial score (nSPS) is 22.0. The molecule has 4 rings (SSSR count). The van der Waals surface area contributed by atoms with Crippen LogP contribution in [0, 0.1) is 13.8 Å². The Bertz CT molecular complexity index is 1410. The number of ether oxygens (including phenoxy) is 3. The van der Waals surface area contributed by atoms with Gasteiger partial charge in [-0.05, 0) is 43.7 Å². The molecule has 0 bridgehead atoms. The van der Waals surface area contributed by atoms with E-state index in [4.69, 9.17) is 22.6 Å². The van der Waals surface area contributed by atoms with Gasteiger partial charge in [0.05, 0.1) is 23.0 Å². The van der Waals surface area contributed by atoms with E-state index < -0.39 is 51.4 Å². The molecule has 0 radical (unpaired) electrons. The molecule has 1 heterocycles. The molecule has 3 aromatic carbocycles. The molecule has 11 heteroatoms. The summed E-state index contributed by atoms with van der Waals surface area (Å²) in [5.74, 6) is 0. The van der Waals surface area contributed by atoms with Crippen molar-refractivity contribution in [3.8, 4) is 0 Å². The van der Waals surface area contributed by atoms with E-state index in [1.807, 2.05) is 44.2 Å². The molecule has 0 spiro atoms. The Morgan fingerprint density at radius 2 is 1.29 bits per heavy atom. The van der Waals surface area contributed by atoms with Gasteiger partial charge in [0.2, 0.25) is 0 Å². The van der Waals surface area contributed by atoms with Crippen molar-refractivity contribution in [3.63, 3.8) is 0 Å². The molecule has 3 aromatic rings. The van der Waals surface area contributed by atoms with Gasteiger partial charge in [-0.3, -0.25) is 8.37 Å². The van der Waals surface area contributed by atoms with E-state index in [0.717, 1.165) is 16.7 Å². The quantitative estimate of drug-likeness (QED) is 0.322. The van der Waals surface area contributed by atoms with Gasteiger partial charge in [0.25, 0.3) is 20.2 Å². The number of hydrogen-bond donors (Lipinski definition) is 0. The van der Waals surface area contributed by atoms with Crippen molar-refractivity contribution in [3.05, 3.63) is 95.6 Å². The van der Waals surface area contributed by atoms with Crippen LogP contribution in [-0.2, 0) is 49.4 Å². The predicted molar refractivity (Wildman–Crippen MR) is 138 cm³/mol. The van der Waals surface area contributed by atoms with Gasteiger partial charge in [-0.15, -0.1) is 0 Å². The van der Waals surface area contributed by atoms with Crippen molar-refractivity contribution in [2.75, 3.05) is 13.7 Å². The van der Waals surface area contributed by atoms with Gasteiger partial charge in [-0.2, -0.15) is 16.8 Å². The molecule has 0 saturated carbocycles. The summed E-state index contributed by atoms with van der Waals surface area (Å²) >= 11 is 0. The zero-order valence-electron chi connectivity index (χ0n) is 21.2. The number of benzene rings is 3. The first-order chi connectivity index (χ1) is 18.1. The van der Waals surface area contributed by atoms with Crippen LogP contribution in [0.5, 0.6) is 0 Å². The third-order valence-corrected chi connectivity index (χ3v) is 8.65. The van der Waals surface area contributed by atoms with Gasteiger partial charge >= 0.3 is 0 Å². The largest absolute Gasteiger partial charge is 0.365 e. The van der Waals surface area contributed by atoms with Gasteiger partial charge in [0.15, 0.2) is 6.29 Å². The van der Waals surface area contributed by atoms with Crippen LogP contribution < -0.4 is 0 Å². The van der Waals surface area contributed by atoms with Crippen LogP contribution in [0.2, 0.25) is 0 Å². The van der Waals surface area contributed by atoms with Crippen LogP contribution in [0.25, 0.3) is 0 Å². The molecule has 1 fully saturated rings. The molecular formula is C27H30O9S2. The van der Waals surface area contributed by atoms with Crippen LogP contribution in [0.15, 0.2) is 88.7 Å². The summed E-state index contributed by atoms with van der Waals surface area (Å²) in [7, 11) is -7.05. The van der Waals surface area contributed by atoms with E-state index in [0.29, 0.717) is 0 Å². The maximum absolute atomic E-state index is 13.2. The highest BCUT2D eigenvalue weighted by molar-refractivity contribution is 7.87. The molecule has 0 N–H and O–H groups in total. The second kappa shape index (κ2) is 12.0. The molecule has 0 unspecified atom stereocenters. The first-order valence-corrected chi connectivity index (χ1v) is 14.7. The maximum atomic E-state index is 13.2. The number of rotatable bonds is 11. The lowest BCUT2D eigenvalue weighted by atomic mass is 10.1. The Morgan fingerprint density at radius 1 is 0.737 bits per heavy atom. The van der Waals surface area contributed by atoms with Crippen LogP contribution in [-0.4, -0.2) is 55.2 Å². The molecule has 0 aliphatic carbocycles. The fourth-order valence-corrected chi connectivity index (χ4v) is 5.94. The molecule has 9 nitrogen and oxygen atoms in total. The van der Waals surface area contributed by atoms with Crippen molar-refractivity contribution in [2.45, 2.75) is 54.8 Å². The highest BCUT2D eigenvalue weighted by atomic mass is 32.2. The van der Waals surface area contributed by atoms with Gasteiger partial charge < -0.3 is 14.2 Å². The van der Waals surface area contributed by atoms with E-state index in [2.05, 4.69) is 0 Å². The first kappa shape index (κ1) is 28.4. The molecular weight excluding hydrogens is 532 g/mol. The van der Waals surface area contributed by atoms with Crippen molar-refractivity contribution in [2.24, 2.45) is 0 Å². The summed E-state index contributed by atoms with van der Waals surface area (Å²) < 4.78 is 80.1. The summed E-state index contributed by atoms with van der Waals surface area (Å²) in [4.78, 5) is -0.0938. The summed E-state index contributed by atoms with van der Waals surface area (Å²) in [6.07, 6.45) is -4.44. The van der Waals surface area contributed by atoms with Gasteiger partial charge in [0, 0.05) is 7.11 Å². The number of methoxy groups -OCH3 is 1. The summed E-state index contributed by atoms with van der Waals surface area (Å²) in [6, 6.07) is 21.6. The lowest BCUT2D eigenvalue weighted by Gasteiger charge is -2.24. The smallest absolute Gasteiger partial charge is 0.297 e. The van der Waals surface area contributed by atoms with E-state index in [1.54, 1.807) is 24.3 Å². The fraction of sp³-hybridized carbons (Fsp3) is 0.333.